The van der Waals surface area contributed by atoms with Gasteiger partial charge in [0.2, 0.25) is 5.91 Å². The number of hydrogen-bond donors (Lipinski definition) is 3. The van der Waals surface area contributed by atoms with Gasteiger partial charge in [0.05, 0.1) is 18.3 Å². The monoisotopic (exact) mass is 650 g/mol. The van der Waals surface area contributed by atoms with E-state index in [1.165, 1.54) is 61.5 Å². The normalized spacial score (nSPS) is 18.5. The number of carbonyl (C=O) groups excluding carboxylic acids is 2. The Hall–Kier alpha value is -5.04. The van der Waals surface area contributed by atoms with Crippen molar-refractivity contribution in [2.45, 2.75) is 50.0 Å². The van der Waals surface area contributed by atoms with Crippen LogP contribution in [0.15, 0.2) is 66.9 Å². The SMILES string of the molecule is C[C@](O)(CNC(=O)c1ccc(-c2ccnc(C(F)(F)F)c2)c(OC2CC2)c1)c1cc2c(c(-c3ccc(F)cc3)n1)OC[C@]2(C)C(N)=O. The van der Waals surface area contributed by atoms with Crippen molar-refractivity contribution in [3.63, 3.8) is 0 Å². The van der Waals surface area contributed by atoms with Crippen LogP contribution in [0.25, 0.3) is 22.4 Å². The third-order valence-electron chi connectivity index (χ3n) is 8.30. The van der Waals surface area contributed by atoms with Gasteiger partial charge < -0.3 is 25.6 Å². The number of nitrogens with one attached hydrogen (secondary N) is 1. The van der Waals surface area contributed by atoms with Gasteiger partial charge in [-0.15, -0.1) is 0 Å². The minimum Gasteiger partial charge on any atom is -0.490 e. The first-order chi connectivity index (χ1) is 22.2. The predicted molar refractivity (Wildman–Crippen MR) is 162 cm³/mol. The Bertz CT molecular complexity index is 1880. The van der Waals surface area contributed by atoms with E-state index in [4.69, 9.17) is 15.2 Å². The van der Waals surface area contributed by atoms with Crippen molar-refractivity contribution in [1.82, 2.24) is 15.3 Å². The van der Waals surface area contributed by atoms with Crippen LogP contribution in [0.3, 0.4) is 0 Å². The Morgan fingerprint density at radius 3 is 2.45 bits per heavy atom. The number of ether oxygens (including phenoxy) is 2. The Morgan fingerprint density at radius 2 is 1.79 bits per heavy atom. The number of nitrogens with two attached hydrogens (primary N) is 1. The molecule has 13 heteroatoms. The minimum absolute atomic E-state index is 0.0614. The van der Waals surface area contributed by atoms with E-state index in [2.05, 4.69) is 15.3 Å². The quantitative estimate of drug-likeness (QED) is 0.210. The molecule has 0 spiro atoms. The summed E-state index contributed by atoms with van der Waals surface area (Å²) in [6, 6.07) is 13.7. The highest BCUT2D eigenvalue weighted by molar-refractivity contribution is 5.95. The van der Waals surface area contributed by atoms with E-state index in [9.17, 15) is 32.3 Å². The lowest BCUT2D eigenvalue weighted by Crippen LogP contribution is -2.41. The minimum atomic E-state index is -4.64. The van der Waals surface area contributed by atoms with Crippen molar-refractivity contribution in [2.24, 2.45) is 5.73 Å². The zero-order chi connectivity index (χ0) is 33.7. The summed E-state index contributed by atoms with van der Waals surface area (Å²) in [5.74, 6) is -1.19. The number of benzene rings is 2. The fourth-order valence-corrected chi connectivity index (χ4v) is 5.23. The Kier molecular flexibility index (Phi) is 7.91. The summed E-state index contributed by atoms with van der Waals surface area (Å²) in [6.45, 7) is 2.65. The van der Waals surface area contributed by atoms with Crippen molar-refractivity contribution >= 4 is 11.8 Å². The Labute approximate surface area is 266 Å². The molecule has 1 saturated carbocycles. The van der Waals surface area contributed by atoms with Gasteiger partial charge in [-0.2, -0.15) is 13.2 Å². The average molecular weight is 651 g/mol. The van der Waals surface area contributed by atoms with Gasteiger partial charge in [0, 0.05) is 28.5 Å². The highest BCUT2D eigenvalue weighted by Crippen LogP contribution is 2.45. The lowest BCUT2D eigenvalue weighted by Gasteiger charge is -2.26. The molecule has 2 atom stereocenters. The number of fused-ring (bicyclic) bond motifs is 1. The van der Waals surface area contributed by atoms with Gasteiger partial charge in [-0.05, 0) is 92.9 Å². The summed E-state index contributed by atoms with van der Waals surface area (Å²) in [5.41, 5.74) is 3.61. The molecule has 4 aromatic rings. The predicted octanol–water partition coefficient (Wildman–Crippen LogP) is 5.28. The molecule has 2 aromatic carbocycles. The van der Waals surface area contributed by atoms with Gasteiger partial charge in [0.25, 0.3) is 5.91 Å². The van der Waals surface area contributed by atoms with Crippen LogP contribution >= 0.6 is 0 Å². The second-order valence-corrected chi connectivity index (χ2v) is 12.1. The molecule has 2 aromatic heterocycles. The average Bonchev–Trinajstić information content (AvgIpc) is 3.79. The molecule has 6 rings (SSSR count). The third-order valence-corrected chi connectivity index (χ3v) is 8.30. The molecule has 2 amide bonds. The number of nitrogens with zero attached hydrogens (tertiary/aromatic N) is 2. The van der Waals surface area contributed by atoms with Crippen LogP contribution < -0.4 is 20.5 Å². The van der Waals surface area contributed by atoms with Gasteiger partial charge in [-0.3, -0.25) is 14.6 Å². The molecule has 3 heterocycles. The molecule has 4 N–H and O–H groups in total. The van der Waals surface area contributed by atoms with Crippen LogP contribution in [0.1, 0.15) is 54.0 Å². The molecule has 0 unspecified atom stereocenters. The van der Waals surface area contributed by atoms with E-state index in [1.54, 1.807) is 6.92 Å². The van der Waals surface area contributed by atoms with Crippen molar-refractivity contribution in [3.05, 3.63) is 95.2 Å². The number of alkyl halides is 3. The van der Waals surface area contributed by atoms with E-state index in [0.29, 0.717) is 16.7 Å². The number of halogens is 4. The number of amides is 2. The number of rotatable bonds is 9. The third kappa shape index (κ3) is 6.35. The topological polar surface area (TPSA) is 137 Å². The molecule has 1 fully saturated rings. The maximum absolute atomic E-state index is 13.7. The van der Waals surface area contributed by atoms with Crippen molar-refractivity contribution in [1.29, 1.82) is 0 Å². The molecular formula is C34H30F4N4O5. The molecule has 244 valence electrons. The van der Waals surface area contributed by atoms with Crippen molar-refractivity contribution in [2.75, 3.05) is 13.2 Å². The highest BCUT2D eigenvalue weighted by Gasteiger charge is 2.45. The molecule has 1 aliphatic carbocycles. The molecule has 0 saturated heterocycles. The molecule has 0 radical (unpaired) electrons. The van der Waals surface area contributed by atoms with E-state index in [-0.39, 0.29) is 53.3 Å². The maximum atomic E-state index is 13.7. The molecular weight excluding hydrogens is 620 g/mol. The zero-order valence-corrected chi connectivity index (χ0v) is 25.3. The number of aliphatic hydroxyl groups is 1. The van der Waals surface area contributed by atoms with E-state index < -0.39 is 40.5 Å². The second kappa shape index (κ2) is 11.6. The fourth-order valence-electron chi connectivity index (χ4n) is 5.23. The van der Waals surface area contributed by atoms with Crippen LogP contribution in [-0.2, 0) is 22.0 Å². The van der Waals surface area contributed by atoms with Gasteiger partial charge in [-0.25, -0.2) is 9.37 Å². The van der Waals surface area contributed by atoms with Crippen molar-refractivity contribution < 1.29 is 41.7 Å². The fraction of sp³-hybridized carbons (Fsp3) is 0.294. The Morgan fingerprint density at radius 1 is 1.06 bits per heavy atom. The van der Waals surface area contributed by atoms with Gasteiger partial charge in [0.1, 0.15) is 46.3 Å². The molecule has 47 heavy (non-hydrogen) atoms. The standard InChI is InChI=1S/C34H30F4N4O5/c1-32(31(39)44)17-46-29-24(32)15-26(42-28(29)18-3-6-21(35)7-4-18)33(2,45)16-41-30(43)20-5-10-23(25(13-20)47-22-8-9-22)19-11-12-40-27(14-19)34(36,37)38/h3-7,10-15,22,45H,8-9,16-17H2,1-2H3,(H2,39,44)(H,41,43)/t32-,33-/m0/s1. The molecule has 9 nitrogen and oxygen atoms in total. The smallest absolute Gasteiger partial charge is 0.433 e. The maximum Gasteiger partial charge on any atom is 0.433 e. The van der Waals surface area contributed by atoms with Crippen LogP contribution in [0.4, 0.5) is 17.6 Å². The van der Waals surface area contributed by atoms with Crippen LogP contribution in [0.2, 0.25) is 0 Å². The summed E-state index contributed by atoms with van der Waals surface area (Å²) >= 11 is 0. The van der Waals surface area contributed by atoms with E-state index >= 15 is 0 Å². The summed E-state index contributed by atoms with van der Waals surface area (Å²) in [5, 5.41) is 14.3. The second-order valence-electron chi connectivity index (χ2n) is 12.1. The summed E-state index contributed by atoms with van der Waals surface area (Å²) in [6.07, 6.45) is -2.14. The number of aromatic nitrogens is 2. The first kappa shape index (κ1) is 31.9. The molecule has 0 bridgehead atoms. The largest absolute Gasteiger partial charge is 0.490 e. The van der Waals surface area contributed by atoms with E-state index in [0.717, 1.165) is 25.1 Å². The number of primary amides is 1. The van der Waals surface area contributed by atoms with Gasteiger partial charge >= 0.3 is 6.18 Å². The van der Waals surface area contributed by atoms with Crippen LogP contribution in [-0.4, -0.2) is 46.1 Å². The van der Waals surface area contributed by atoms with Crippen molar-refractivity contribution in [3.8, 4) is 33.9 Å². The summed E-state index contributed by atoms with van der Waals surface area (Å²) in [7, 11) is 0. The molecule has 2 aliphatic rings. The first-order valence-electron chi connectivity index (χ1n) is 14.8. The lowest BCUT2D eigenvalue weighted by atomic mass is 9.82. The van der Waals surface area contributed by atoms with Crippen LogP contribution in [0, 0.1) is 5.82 Å². The molecule has 1 aliphatic heterocycles. The first-order valence-corrected chi connectivity index (χ1v) is 14.8. The van der Waals surface area contributed by atoms with Gasteiger partial charge in [-0.1, -0.05) is 0 Å². The number of pyridine rings is 2. The number of carbonyl (C=O) groups is 2. The highest BCUT2D eigenvalue weighted by atomic mass is 19.4. The summed E-state index contributed by atoms with van der Waals surface area (Å²) < 4.78 is 65.5. The van der Waals surface area contributed by atoms with Gasteiger partial charge in [0.15, 0.2) is 0 Å². The zero-order valence-electron chi connectivity index (χ0n) is 25.3. The van der Waals surface area contributed by atoms with Crippen LogP contribution in [0.5, 0.6) is 11.5 Å². The lowest BCUT2D eigenvalue weighted by molar-refractivity contribution is -0.141. The Balaban J connectivity index is 1.29. The number of hydrogen-bond acceptors (Lipinski definition) is 7. The summed E-state index contributed by atoms with van der Waals surface area (Å²) in [4.78, 5) is 33.8. The van der Waals surface area contributed by atoms with E-state index in [1.807, 2.05) is 0 Å².